The molecule has 44 heavy (non-hydrogen) atoms. The monoisotopic (exact) mass is 630 g/mol. The van der Waals surface area contributed by atoms with Crippen LogP contribution in [0.1, 0.15) is 105 Å². The van der Waals surface area contributed by atoms with Crippen LogP contribution in [0.15, 0.2) is 0 Å². The lowest BCUT2D eigenvalue weighted by Crippen LogP contribution is -2.64. The van der Waals surface area contributed by atoms with Gasteiger partial charge in [-0.25, -0.2) is 0 Å². The summed E-state index contributed by atoms with van der Waals surface area (Å²) < 4.78 is 23.6. The molecule has 0 amide bonds. The van der Waals surface area contributed by atoms with E-state index in [1.165, 1.54) is 0 Å². The average Bonchev–Trinajstić information content (AvgIpc) is 3.32. The molecule has 11 heteroatoms. The fourth-order valence-corrected chi connectivity index (χ4v) is 9.63. The fourth-order valence-electron chi connectivity index (χ4n) is 9.63. The van der Waals surface area contributed by atoms with Gasteiger partial charge in [0.15, 0.2) is 12.6 Å². The van der Waals surface area contributed by atoms with Gasteiger partial charge in [0, 0.05) is 0 Å². The third-order valence-electron chi connectivity index (χ3n) is 12.5. The lowest BCUT2D eigenvalue weighted by molar-refractivity contribution is -0.361. The first kappa shape index (κ1) is 34.9. The Hall–Kier alpha value is -0.440. The molecule has 5 rings (SSSR count). The van der Waals surface area contributed by atoms with Gasteiger partial charge in [-0.05, 0) is 93.8 Å². The topological polar surface area (TPSA) is 179 Å². The summed E-state index contributed by atoms with van der Waals surface area (Å²) in [6, 6.07) is 0. The number of aliphatic hydroxyl groups excluding tert-OH is 6. The Morgan fingerprint density at radius 3 is 2.25 bits per heavy atom. The highest BCUT2D eigenvalue weighted by Crippen LogP contribution is 2.65. The molecule has 0 spiro atoms. The number of fused-ring (bicyclic) bond motifs is 3. The minimum atomic E-state index is -1.67. The van der Waals surface area contributed by atoms with E-state index in [0.29, 0.717) is 11.8 Å². The van der Waals surface area contributed by atoms with E-state index < -0.39 is 73.6 Å². The average molecular weight is 631 g/mol. The van der Waals surface area contributed by atoms with Crippen molar-refractivity contribution in [2.45, 2.75) is 178 Å². The second-order valence-corrected chi connectivity index (χ2v) is 15.2. The van der Waals surface area contributed by atoms with E-state index in [1.54, 1.807) is 6.92 Å². The van der Waals surface area contributed by atoms with Gasteiger partial charge in [0.1, 0.15) is 42.7 Å². The van der Waals surface area contributed by atoms with Crippen molar-refractivity contribution in [3.05, 3.63) is 0 Å². The molecule has 0 aromatic rings. The number of aliphatic hydroxyl groups is 7. The third kappa shape index (κ3) is 6.25. The van der Waals surface area contributed by atoms with Gasteiger partial charge < -0.3 is 54.7 Å². The van der Waals surface area contributed by atoms with Gasteiger partial charge in [0.2, 0.25) is 0 Å². The van der Waals surface area contributed by atoms with Crippen molar-refractivity contribution in [3.8, 4) is 0 Å². The molecule has 0 aromatic carbocycles. The summed E-state index contributed by atoms with van der Waals surface area (Å²) in [5.74, 6) is 0.803. The Labute approximate surface area is 261 Å². The van der Waals surface area contributed by atoms with Crippen LogP contribution >= 0.6 is 0 Å². The highest BCUT2D eigenvalue weighted by atomic mass is 16.7. The number of ether oxygens (including phenoxy) is 4. The molecular formula is C33H58O11. The van der Waals surface area contributed by atoms with Crippen LogP contribution in [-0.2, 0) is 18.9 Å². The second-order valence-electron chi connectivity index (χ2n) is 15.2. The molecule has 256 valence electrons. The highest BCUT2D eigenvalue weighted by molar-refractivity contribution is 5.13. The molecule has 2 heterocycles. The maximum Gasteiger partial charge on any atom is 0.187 e. The van der Waals surface area contributed by atoms with Crippen molar-refractivity contribution in [1.29, 1.82) is 0 Å². The first-order chi connectivity index (χ1) is 20.8. The van der Waals surface area contributed by atoms with Crippen molar-refractivity contribution in [2.75, 3.05) is 6.61 Å². The van der Waals surface area contributed by atoms with E-state index >= 15 is 0 Å². The van der Waals surface area contributed by atoms with Gasteiger partial charge in [-0.1, -0.05) is 33.6 Å². The Morgan fingerprint density at radius 2 is 1.55 bits per heavy atom. The standard InChI is InChI=1S/C33H58O11/c1-5-8-19(10-15-31(3)12-6-9-21-20(31)11-16-32(4)13-7-14-33(21,32)40)42-30-27(39)28(23(35)18(2)41-30)44-29-26(38)25(37)24(36)22(17-34)43-29/h18-30,34-40H,5-17H2,1-4H3. The zero-order chi connectivity index (χ0) is 32.0. The number of rotatable bonds is 10. The van der Waals surface area contributed by atoms with Gasteiger partial charge >= 0.3 is 0 Å². The van der Waals surface area contributed by atoms with Gasteiger partial charge in [0.05, 0.1) is 24.4 Å². The molecule has 16 unspecified atom stereocenters. The van der Waals surface area contributed by atoms with E-state index in [2.05, 4.69) is 20.8 Å². The summed E-state index contributed by atoms with van der Waals surface area (Å²) in [5.41, 5.74) is -0.448. The van der Waals surface area contributed by atoms with Crippen LogP contribution in [-0.4, -0.2) is 115 Å². The highest BCUT2D eigenvalue weighted by Gasteiger charge is 2.62. The molecule has 7 N–H and O–H groups in total. The van der Waals surface area contributed by atoms with Crippen LogP contribution in [0.3, 0.4) is 0 Å². The van der Waals surface area contributed by atoms with Crippen LogP contribution in [0.2, 0.25) is 0 Å². The first-order valence-corrected chi connectivity index (χ1v) is 17.1. The smallest absolute Gasteiger partial charge is 0.187 e. The van der Waals surface area contributed by atoms with Crippen LogP contribution in [0.4, 0.5) is 0 Å². The van der Waals surface area contributed by atoms with Crippen molar-refractivity contribution >= 4 is 0 Å². The van der Waals surface area contributed by atoms with Crippen molar-refractivity contribution in [2.24, 2.45) is 22.7 Å². The summed E-state index contributed by atoms with van der Waals surface area (Å²) in [5, 5.41) is 74.4. The molecule has 0 aromatic heterocycles. The lowest BCUT2D eigenvalue weighted by atomic mass is 9.48. The number of hydrogen-bond donors (Lipinski definition) is 7. The maximum absolute atomic E-state index is 12.0. The van der Waals surface area contributed by atoms with Crippen molar-refractivity contribution in [1.82, 2.24) is 0 Å². The first-order valence-electron chi connectivity index (χ1n) is 17.1. The largest absolute Gasteiger partial charge is 0.394 e. The fraction of sp³-hybridized carbons (Fsp3) is 1.00. The summed E-state index contributed by atoms with van der Waals surface area (Å²) in [6.07, 6.45) is -1.63. The van der Waals surface area contributed by atoms with Crippen LogP contribution in [0.5, 0.6) is 0 Å². The third-order valence-corrected chi connectivity index (χ3v) is 12.5. The van der Waals surface area contributed by atoms with E-state index in [-0.39, 0.29) is 16.9 Å². The molecule has 0 bridgehead atoms. The molecule has 5 fully saturated rings. The molecular weight excluding hydrogens is 572 g/mol. The molecule has 2 aliphatic heterocycles. The molecule has 3 aliphatic carbocycles. The number of hydrogen-bond acceptors (Lipinski definition) is 11. The van der Waals surface area contributed by atoms with Gasteiger partial charge in [0.25, 0.3) is 0 Å². The van der Waals surface area contributed by atoms with Gasteiger partial charge in [-0.2, -0.15) is 0 Å². The summed E-state index contributed by atoms with van der Waals surface area (Å²) >= 11 is 0. The predicted octanol–water partition coefficient (Wildman–Crippen LogP) is 1.74. The Bertz CT molecular complexity index is 953. The summed E-state index contributed by atoms with van der Waals surface area (Å²) in [7, 11) is 0. The quantitative estimate of drug-likeness (QED) is 0.187. The molecule has 3 saturated carbocycles. The zero-order valence-electron chi connectivity index (χ0n) is 27.0. The lowest BCUT2D eigenvalue weighted by Gasteiger charge is -2.59. The predicted molar refractivity (Wildman–Crippen MR) is 159 cm³/mol. The van der Waals surface area contributed by atoms with E-state index in [4.69, 9.17) is 18.9 Å². The normalized spacial score (nSPS) is 51.9. The summed E-state index contributed by atoms with van der Waals surface area (Å²) in [4.78, 5) is 0. The van der Waals surface area contributed by atoms with Crippen LogP contribution in [0, 0.1) is 22.7 Å². The molecule has 2 saturated heterocycles. The van der Waals surface area contributed by atoms with E-state index in [0.717, 1.165) is 77.0 Å². The molecule has 0 radical (unpaired) electrons. The maximum atomic E-state index is 12.0. The van der Waals surface area contributed by atoms with Crippen molar-refractivity contribution in [3.63, 3.8) is 0 Å². The SMILES string of the molecule is CCCC(CCC1(C)CCCC2C1CCC1(C)CCCC21O)OC1OC(C)C(O)C(OC2OC(CO)C(O)C(O)C2O)C1O. The van der Waals surface area contributed by atoms with Crippen molar-refractivity contribution < 1.29 is 54.7 Å². The molecule has 5 aliphatic rings. The Kier molecular flexibility index (Phi) is 10.8. The Balaban J connectivity index is 1.25. The second kappa shape index (κ2) is 13.6. The van der Waals surface area contributed by atoms with Crippen LogP contribution < -0.4 is 0 Å². The van der Waals surface area contributed by atoms with Gasteiger partial charge in [-0.15, -0.1) is 0 Å². The minimum Gasteiger partial charge on any atom is -0.394 e. The van der Waals surface area contributed by atoms with Crippen LogP contribution in [0.25, 0.3) is 0 Å². The van der Waals surface area contributed by atoms with E-state index in [1.807, 2.05) is 0 Å². The zero-order valence-corrected chi connectivity index (χ0v) is 27.0. The summed E-state index contributed by atoms with van der Waals surface area (Å²) in [6.45, 7) is 7.79. The molecule has 11 nitrogen and oxygen atoms in total. The van der Waals surface area contributed by atoms with E-state index in [9.17, 15) is 35.7 Å². The minimum absolute atomic E-state index is 0.0320. The van der Waals surface area contributed by atoms with Gasteiger partial charge in [-0.3, -0.25) is 0 Å². The molecule has 16 atom stereocenters. The Morgan fingerprint density at radius 1 is 0.795 bits per heavy atom.